The number of allylic oxidation sites excluding steroid dienone is 4. The van der Waals surface area contributed by atoms with Gasteiger partial charge in [-0.3, -0.25) is 0 Å². The smallest absolute Gasteiger partial charge is 0.0999 e. The Hall–Kier alpha value is -1.12. The van der Waals surface area contributed by atoms with E-state index >= 15 is 0 Å². The SMILES string of the molecule is CCCCC1(CCCC)C2=CC3C(C=C2c2ccc(C(C)(C)C)cc21)CC(C)C3[SiH2]N(C1CCCCC1)C(C)(C)C. The summed E-state index contributed by atoms with van der Waals surface area (Å²) in [6.45, 7) is 22.1. The Labute approximate surface area is 256 Å². The predicted octanol–water partition coefficient (Wildman–Crippen LogP) is 10.5. The lowest BCUT2D eigenvalue weighted by Gasteiger charge is -2.46. The van der Waals surface area contributed by atoms with Crippen molar-refractivity contribution in [3.63, 3.8) is 0 Å². The van der Waals surface area contributed by atoms with Crippen molar-refractivity contribution in [2.75, 3.05) is 0 Å². The minimum absolute atomic E-state index is 0.185. The number of unbranched alkanes of at least 4 members (excludes halogenated alkanes) is 2. The minimum Gasteiger partial charge on any atom is -0.322 e. The molecule has 4 aliphatic carbocycles. The van der Waals surface area contributed by atoms with E-state index in [0.717, 1.165) is 29.3 Å². The summed E-state index contributed by atoms with van der Waals surface area (Å²) in [4.78, 5) is 0. The van der Waals surface area contributed by atoms with Crippen molar-refractivity contribution in [3.05, 3.63) is 52.6 Å². The van der Waals surface area contributed by atoms with Crippen molar-refractivity contribution in [3.8, 4) is 0 Å². The van der Waals surface area contributed by atoms with E-state index < -0.39 is 0 Å². The van der Waals surface area contributed by atoms with Crippen molar-refractivity contribution >= 4 is 15.3 Å². The molecule has 0 aromatic heterocycles. The maximum Gasteiger partial charge on any atom is 0.0999 e. The molecule has 0 heterocycles. The van der Waals surface area contributed by atoms with Crippen LogP contribution in [0.4, 0.5) is 0 Å². The number of rotatable bonds is 9. The first-order valence-corrected chi connectivity index (χ1v) is 19.2. The normalized spacial score (nSPS) is 28.1. The maximum absolute atomic E-state index is 3.11. The molecule has 0 bridgehead atoms. The van der Waals surface area contributed by atoms with Gasteiger partial charge in [0.2, 0.25) is 0 Å². The lowest BCUT2D eigenvalue weighted by Crippen LogP contribution is -2.52. The molecule has 0 aliphatic heterocycles. The van der Waals surface area contributed by atoms with Crippen LogP contribution in [0.1, 0.15) is 156 Å². The zero-order valence-corrected chi connectivity index (χ0v) is 29.8. The number of benzene rings is 1. The van der Waals surface area contributed by atoms with Crippen LogP contribution in [0.3, 0.4) is 0 Å². The Bertz CT molecular complexity index is 1110. The molecule has 0 N–H and O–H groups in total. The van der Waals surface area contributed by atoms with E-state index in [1.54, 1.807) is 22.3 Å². The van der Waals surface area contributed by atoms with E-state index in [9.17, 15) is 0 Å². The molecule has 0 radical (unpaired) electrons. The summed E-state index contributed by atoms with van der Waals surface area (Å²) in [5.74, 6) is 2.33. The van der Waals surface area contributed by atoms with Crippen LogP contribution in [0.5, 0.6) is 0 Å². The van der Waals surface area contributed by atoms with Crippen molar-refractivity contribution in [1.82, 2.24) is 4.57 Å². The van der Waals surface area contributed by atoms with Crippen LogP contribution in [0, 0.1) is 17.8 Å². The second-order valence-electron chi connectivity index (χ2n) is 16.7. The molecule has 2 saturated carbocycles. The highest BCUT2D eigenvalue weighted by molar-refractivity contribution is 6.35. The van der Waals surface area contributed by atoms with Gasteiger partial charge in [-0.1, -0.05) is 117 Å². The molecule has 0 spiro atoms. The van der Waals surface area contributed by atoms with Crippen LogP contribution in [0.15, 0.2) is 35.9 Å². The topological polar surface area (TPSA) is 3.24 Å². The van der Waals surface area contributed by atoms with E-state index in [0.29, 0.717) is 5.54 Å². The van der Waals surface area contributed by atoms with Gasteiger partial charge in [-0.05, 0) is 109 Å². The molecule has 0 saturated heterocycles. The Morgan fingerprint density at radius 2 is 1.56 bits per heavy atom. The predicted molar refractivity (Wildman–Crippen MR) is 183 cm³/mol. The molecule has 2 fully saturated rings. The van der Waals surface area contributed by atoms with Gasteiger partial charge >= 0.3 is 0 Å². The lowest BCUT2D eigenvalue weighted by atomic mass is 9.68. The molecule has 0 amide bonds. The van der Waals surface area contributed by atoms with Crippen molar-refractivity contribution in [2.45, 2.75) is 167 Å². The summed E-state index contributed by atoms with van der Waals surface area (Å²) in [7, 11) is -0.387. The van der Waals surface area contributed by atoms with Crippen LogP contribution in [0.2, 0.25) is 5.54 Å². The third-order valence-electron chi connectivity index (χ3n) is 11.8. The first-order chi connectivity index (χ1) is 19.4. The maximum atomic E-state index is 3.11. The summed E-state index contributed by atoms with van der Waals surface area (Å²) in [5, 5.41) is 0. The average molecular weight is 574 g/mol. The third kappa shape index (κ3) is 6.00. The molecule has 1 aromatic rings. The summed E-state index contributed by atoms with van der Waals surface area (Å²) >= 11 is 0. The largest absolute Gasteiger partial charge is 0.322 e. The second-order valence-corrected chi connectivity index (χ2v) is 18.7. The summed E-state index contributed by atoms with van der Waals surface area (Å²) in [6.07, 6.45) is 22.2. The highest BCUT2D eigenvalue weighted by atomic mass is 28.2. The van der Waals surface area contributed by atoms with Gasteiger partial charge in [-0.25, -0.2) is 0 Å². The van der Waals surface area contributed by atoms with Crippen LogP contribution in [-0.4, -0.2) is 25.8 Å². The fourth-order valence-electron chi connectivity index (χ4n) is 9.42. The lowest BCUT2D eigenvalue weighted by molar-refractivity contribution is 0.151. The number of nitrogens with zero attached hydrogens (tertiary/aromatic N) is 1. The zero-order valence-electron chi connectivity index (χ0n) is 28.4. The fraction of sp³-hybridized carbons (Fsp3) is 0.744. The first kappa shape index (κ1) is 31.3. The highest BCUT2D eigenvalue weighted by Crippen LogP contribution is 2.61. The highest BCUT2D eigenvalue weighted by Gasteiger charge is 2.51. The Morgan fingerprint density at radius 1 is 0.902 bits per heavy atom. The average Bonchev–Trinajstić information content (AvgIpc) is 3.37. The Morgan fingerprint density at radius 3 is 2.15 bits per heavy atom. The molecule has 4 atom stereocenters. The van der Waals surface area contributed by atoms with Gasteiger partial charge in [-0.15, -0.1) is 0 Å². The molecule has 2 heteroatoms. The molecule has 5 rings (SSSR count). The van der Waals surface area contributed by atoms with E-state index in [-0.39, 0.29) is 20.5 Å². The van der Waals surface area contributed by atoms with Crippen LogP contribution in [-0.2, 0) is 10.8 Å². The van der Waals surface area contributed by atoms with Crippen molar-refractivity contribution in [2.24, 2.45) is 17.8 Å². The van der Waals surface area contributed by atoms with Gasteiger partial charge in [0.25, 0.3) is 0 Å². The van der Waals surface area contributed by atoms with Gasteiger partial charge in [0.1, 0.15) is 0 Å². The molecule has 4 aliphatic rings. The first-order valence-electron chi connectivity index (χ1n) is 17.8. The van der Waals surface area contributed by atoms with Gasteiger partial charge in [-0.2, -0.15) is 0 Å². The van der Waals surface area contributed by atoms with Gasteiger partial charge in [0.15, 0.2) is 0 Å². The molecule has 4 unspecified atom stereocenters. The summed E-state index contributed by atoms with van der Waals surface area (Å²) in [6, 6.07) is 8.49. The van der Waals surface area contributed by atoms with Gasteiger partial charge in [0, 0.05) is 17.0 Å². The Balaban J connectivity index is 1.57. The Kier molecular flexibility index (Phi) is 9.24. The monoisotopic (exact) mass is 573 g/mol. The fourth-order valence-corrected chi connectivity index (χ4v) is 12.4. The molecule has 1 aromatic carbocycles. The number of fused-ring (bicyclic) bond motifs is 4. The van der Waals surface area contributed by atoms with E-state index in [4.69, 9.17) is 0 Å². The van der Waals surface area contributed by atoms with Gasteiger partial charge in [0.05, 0.1) is 9.68 Å². The third-order valence-corrected chi connectivity index (χ3v) is 15.4. The molecule has 228 valence electrons. The molecule has 41 heavy (non-hydrogen) atoms. The standard InChI is InChI=1S/C39H63NSi/c1-10-12-21-39(22-13-11-2)34-25-29(37(4,5)6)19-20-31(34)33-24-28-23-27(3)36(32(28)26-35(33)39)41-40(38(7,8)9)30-17-15-14-16-18-30/h19-20,24-28,30,32,36H,10-18,21-23,41H2,1-9H3. The van der Waals surface area contributed by atoms with Crippen LogP contribution >= 0.6 is 0 Å². The minimum atomic E-state index is -0.387. The van der Waals surface area contributed by atoms with E-state index in [2.05, 4.69) is 97.2 Å². The van der Waals surface area contributed by atoms with Gasteiger partial charge < -0.3 is 4.57 Å². The van der Waals surface area contributed by atoms with E-state index in [1.165, 1.54) is 82.6 Å². The number of hydrogen-bond acceptors (Lipinski definition) is 1. The molecular weight excluding hydrogens is 511 g/mol. The summed E-state index contributed by atoms with van der Waals surface area (Å²) in [5.41, 5.74) is 9.78. The quantitative estimate of drug-likeness (QED) is 0.266. The second kappa shape index (κ2) is 12.1. The van der Waals surface area contributed by atoms with E-state index in [1.807, 2.05) is 0 Å². The van der Waals surface area contributed by atoms with Crippen LogP contribution in [0.25, 0.3) is 5.57 Å². The molecular formula is C39H63NSi. The molecule has 1 nitrogen and oxygen atoms in total. The van der Waals surface area contributed by atoms with Crippen LogP contribution < -0.4 is 0 Å². The zero-order chi connectivity index (χ0) is 29.6. The number of hydrogen-bond donors (Lipinski definition) is 0. The van der Waals surface area contributed by atoms with Crippen molar-refractivity contribution in [1.29, 1.82) is 0 Å². The summed E-state index contributed by atoms with van der Waals surface area (Å²) < 4.78 is 3.11. The van der Waals surface area contributed by atoms with Crippen molar-refractivity contribution < 1.29 is 0 Å².